The topological polar surface area (TPSA) is 73.2 Å². The zero-order chi connectivity index (χ0) is 15.3. The molecular formula is C14H19N3O3S. The van der Waals surface area contributed by atoms with Gasteiger partial charge < -0.3 is 4.74 Å². The number of aryl methyl sites for hydroxylation is 1. The third-order valence-electron chi connectivity index (χ3n) is 3.16. The first-order valence-electron chi connectivity index (χ1n) is 6.66. The average Bonchev–Trinajstić information content (AvgIpc) is 2.99. The van der Waals surface area contributed by atoms with Gasteiger partial charge in [-0.1, -0.05) is 30.3 Å². The van der Waals surface area contributed by atoms with Crippen LogP contribution in [0.15, 0.2) is 47.6 Å². The van der Waals surface area contributed by atoms with Gasteiger partial charge in [-0.05, 0) is 12.5 Å². The maximum atomic E-state index is 12.2. The molecule has 2 rings (SSSR count). The average molecular weight is 309 g/mol. The highest BCUT2D eigenvalue weighted by molar-refractivity contribution is 7.89. The van der Waals surface area contributed by atoms with Crippen molar-refractivity contribution in [2.75, 3.05) is 13.7 Å². The second-order valence-corrected chi connectivity index (χ2v) is 6.29. The van der Waals surface area contributed by atoms with E-state index in [0.29, 0.717) is 6.54 Å². The minimum atomic E-state index is -3.58. The van der Waals surface area contributed by atoms with Crippen LogP contribution in [-0.4, -0.2) is 31.9 Å². The van der Waals surface area contributed by atoms with E-state index in [9.17, 15) is 8.42 Å². The number of ether oxygens (including phenoxy) is 1. The van der Waals surface area contributed by atoms with Crippen LogP contribution < -0.4 is 4.72 Å². The Balaban J connectivity index is 2.06. The van der Waals surface area contributed by atoms with Crippen LogP contribution in [0.3, 0.4) is 0 Å². The Hall–Kier alpha value is -1.70. The van der Waals surface area contributed by atoms with Gasteiger partial charge in [0, 0.05) is 26.4 Å². The Morgan fingerprint density at radius 1 is 1.33 bits per heavy atom. The second-order valence-electron chi connectivity index (χ2n) is 4.52. The molecule has 1 aromatic carbocycles. The van der Waals surface area contributed by atoms with Crippen molar-refractivity contribution in [3.05, 3.63) is 48.3 Å². The van der Waals surface area contributed by atoms with E-state index < -0.39 is 10.0 Å². The lowest BCUT2D eigenvalue weighted by atomic mass is 10.1. The fourth-order valence-electron chi connectivity index (χ4n) is 1.93. The van der Waals surface area contributed by atoms with Gasteiger partial charge >= 0.3 is 0 Å². The molecule has 0 saturated carbocycles. The molecule has 0 spiro atoms. The quantitative estimate of drug-likeness (QED) is 0.842. The van der Waals surface area contributed by atoms with Gasteiger partial charge in [0.05, 0.1) is 12.3 Å². The molecule has 1 heterocycles. The van der Waals surface area contributed by atoms with Gasteiger partial charge in [0.25, 0.3) is 0 Å². The lowest BCUT2D eigenvalue weighted by Crippen LogP contribution is -2.29. The molecule has 0 aliphatic carbocycles. The highest BCUT2D eigenvalue weighted by Crippen LogP contribution is 2.16. The van der Waals surface area contributed by atoms with Gasteiger partial charge in [-0.2, -0.15) is 5.10 Å². The summed E-state index contributed by atoms with van der Waals surface area (Å²) in [7, 11) is -2.02. The molecule has 0 radical (unpaired) electrons. The van der Waals surface area contributed by atoms with E-state index in [1.165, 1.54) is 12.4 Å². The van der Waals surface area contributed by atoms with Crippen LogP contribution in [0.2, 0.25) is 0 Å². The molecule has 0 bridgehead atoms. The first-order valence-corrected chi connectivity index (χ1v) is 8.15. The number of aromatic nitrogens is 2. The number of methoxy groups -OCH3 is 1. The van der Waals surface area contributed by atoms with E-state index in [0.717, 1.165) is 5.56 Å². The molecule has 2 aromatic rings. The summed E-state index contributed by atoms with van der Waals surface area (Å²) in [6.45, 7) is 2.69. The fraction of sp³-hybridized carbons (Fsp3) is 0.357. The zero-order valence-electron chi connectivity index (χ0n) is 12.1. The van der Waals surface area contributed by atoms with Gasteiger partial charge in [-0.15, -0.1) is 0 Å². The van der Waals surface area contributed by atoms with Crippen molar-refractivity contribution in [1.82, 2.24) is 14.5 Å². The fourth-order valence-corrected chi connectivity index (χ4v) is 2.91. The summed E-state index contributed by atoms with van der Waals surface area (Å²) in [6, 6.07) is 9.48. The molecule has 0 saturated heterocycles. The second kappa shape index (κ2) is 6.84. The number of nitrogens with zero attached hydrogens (tertiary/aromatic N) is 2. The minimum absolute atomic E-state index is 0.160. The molecule has 0 aliphatic rings. The Morgan fingerprint density at radius 2 is 2.05 bits per heavy atom. The maximum absolute atomic E-state index is 12.2. The Morgan fingerprint density at radius 3 is 2.62 bits per heavy atom. The van der Waals surface area contributed by atoms with Crippen molar-refractivity contribution in [2.24, 2.45) is 0 Å². The first-order chi connectivity index (χ1) is 10.1. The van der Waals surface area contributed by atoms with Crippen LogP contribution in [0.1, 0.15) is 18.6 Å². The highest BCUT2D eigenvalue weighted by Gasteiger charge is 2.19. The van der Waals surface area contributed by atoms with Gasteiger partial charge in [-0.3, -0.25) is 4.68 Å². The van der Waals surface area contributed by atoms with Gasteiger partial charge in [0.1, 0.15) is 4.90 Å². The van der Waals surface area contributed by atoms with Crippen molar-refractivity contribution < 1.29 is 13.2 Å². The van der Waals surface area contributed by atoms with Gasteiger partial charge in [0.15, 0.2) is 0 Å². The summed E-state index contributed by atoms with van der Waals surface area (Å²) in [5.41, 5.74) is 0.923. The molecule has 6 nitrogen and oxygen atoms in total. The number of nitrogens with one attached hydrogen (secondary N) is 1. The molecule has 1 aromatic heterocycles. The Labute approximate surface area is 124 Å². The van der Waals surface area contributed by atoms with Crippen LogP contribution >= 0.6 is 0 Å². The van der Waals surface area contributed by atoms with E-state index in [1.807, 2.05) is 37.3 Å². The molecule has 1 atom stereocenters. The van der Waals surface area contributed by atoms with E-state index in [2.05, 4.69) is 9.82 Å². The molecular weight excluding hydrogens is 290 g/mol. The molecule has 7 heteroatoms. The standard InChI is InChI=1S/C14H19N3O3S/c1-3-17-11-13(9-15-17)21(18,19)16-10-14(20-2)12-7-5-4-6-8-12/h4-9,11,14,16H,3,10H2,1-2H3/t14-/m1/s1. The van der Waals surface area contributed by atoms with Gasteiger partial charge in [0.2, 0.25) is 10.0 Å². The normalized spacial score (nSPS) is 13.2. The summed E-state index contributed by atoms with van der Waals surface area (Å²) in [4.78, 5) is 0.160. The number of hydrogen-bond donors (Lipinski definition) is 1. The van der Waals surface area contributed by atoms with Crippen LogP contribution in [-0.2, 0) is 21.3 Å². The third kappa shape index (κ3) is 3.90. The molecule has 1 N–H and O–H groups in total. The monoisotopic (exact) mass is 309 g/mol. The minimum Gasteiger partial charge on any atom is -0.375 e. The van der Waals surface area contributed by atoms with Crippen LogP contribution in [0, 0.1) is 0 Å². The van der Waals surface area contributed by atoms with Crippen LogP contribution in [0.4, 0.5) is 0 Å². The van der Waals surface area contributed by atoms with E-state index >= 15 is 0 Å². The van der Waals surface area contributed by atoms with E-state index in [1.54, 1.807) is 11.8 Å². The third-order valence-corrected chi connectivity index (χ3v) is 4.54. The highest BCUT2D eigenvalue weighted by atomic mass is 32.2. The van der Waals surface area contributed by atoms with E-state index in [-0.39, 0.29) is 17.5 Å². The predicted octanol–water partition coefficient (Wildman–Crippen LogP) is 1.57. The summed E-state index contributed by atoms with van der Waals surface area (Å²) >= 11 is 0. The lowest BCUT2D eigenvalue weighted by Gasteiger charge is -2.16. The Kier molecular flexibility index (Phi) is 5.11. The zero-order valence-corrected chi connectivity index (χ0v) is 12.9. The summed E-state index contributed by atoms with van der Waals surface area (Å²) < 4.78 is 33.9. The molecule has 0 aliphatic heterocycles. The van der Waals surface area contributed by atoms with Gasteiger partial charge in [-0.25, -0.2) is 13.1 Å². The van der Waals surface area contributed by atoms with Crippen molar-refractivity contribution in [1.29, 1.82) is 0 Å². The smallest absolute Gasteiger partial charge is 0.243 e. The molecule has 114 valence electrons. The number of rotatable bonds is 7. The summed E-state index contributed by atoms with van der Waals surface area (Å²) in [5, 5.41) is 3.97. The number of hydrogen-bond acceptors (Lipinski definition) is 4. The largest absolute Gasteiger partial charge is 0.375 e. The van der Waals surface area contributed by atoms with Crippen molar-refractivity contribution in [2.45, 2.75) is 24.5 Å². The van der Waals surface area contributed by atoms with Crippen LogP contribution in [0.25, 0.3) is 0 Å². The van der Waals surface area contributed by atoms with E-state index in [4.69, 9.17) is 4.74 Å². The van der Waals surface area contributed by atoms with Crippen molar-refractivity contribution in [3.63, 3.8) is 0 Å². The Bertz CT molecular complexity index is 668. The SMILES string of the molecule is CCn1cc(S(=O)(=O)NC[C@@H](OC)c2ccccc2)cn1. The van der Waals surface area contributed by atoms with Crippen molar-refractivity contribution in [3.8, 4) is 0 Å². The summed E-state index contributed by atoms with van der Waals surface area (Å²) in [6.07, 6.45) is 2.52. The molecule has 0 unspecified atom stereocenters. The van der Waals surface area contributed by atoms with Crippen LogP contribution in [0.5, 0.6) is 0 Å². The van der Waals surface area contributed by atoms with Crippen molar-refractivity contribution >= 4 is 10.0 Å². The predicted molar refractivity (Wildman–Crippen MR) is 79.3 cm³/mol. The number of sulfonamides is 1. The molecule has 0 fully saturated rings. The lowest BCUT2D eigenvalue weighted by molar-refractivity contribution is 0.107. The number of benzene rings is 1. The first kappa shape index (κ1) is 15.7. The maximum Gasteiger partial charge on any atom is 0.243 e. The molecule has 0 amide bonds. The summed E-state index contributed by atoms with van der Waals surface area (Å²) in [5.74, 6) is 0. The molecule has 21 heavy (non-hydrogen) atoms.